The van der Waals surface area contributed by atoms with Crippen LogP contribution in [0.2, 0.25) is 0 Å². The summed E-state index contributed by atoms with van der Waals surface area (Å²) < 4.78 is 5.84. The normalized spacial score (nSPS) is 11.0. The van der Waals surface area contributed by atoms with Crippen LogP contribution in [-0.2, 0) is 0 Å². The van der Waals surface area contributed by atoms with Crippen molar-refractivity contribution in [2.24, 2.45) is 0 Å². The Morgan fingerprint density at radius 1 is 1.07 bits per heavy atom. The molecule has 3 aromatic carbocycles. The minimum absolute atomic E-state index is 0.136. The zero-order valence-electron chi connectivity index (χ0n) is 16.5. The van der Waals surface area contributed by atoms with Gasteiger partial charge in [-0.25, -0.2) is 4.98 Å². The van der Waals surface area contributed by atoms with Crippen molar-refractivity contribution in [2.75, 3.05) is 5.32 Å². The van der Waals surface area contributed by atoms with E-state index >= 15 is 0 Å². The van der Waals surface area contributed by atoms with Crippen molar-refractivity contribution in [3.8, 4) is 11.5 Å². The average molecular weight is 401 g/mol. The number of nitro groups is 1. The maximum absolute atomic E-state index is 12.5. The number of carbonyl (C=O) groups is 1. The Morgan fingerprint density at radius 2 is 1.83 bits per heavy atom. The molecule has 0 spiro atoms. The number of aromatic nitrogens is 1. The molecule has 0 fully saturated rings. The lowest BCUT2D eigenvalue weighted by molar-refractivity contribution is -0.384. The van der Waals surface area contributed by atoms with Gasteiger partial charge in [0, 0.05) is 28.9 Å². The van der Waals surface area contributed by atoms with Crippen LogP contribution in [0.1, 0.15) is 35.7 Å². The molecule has 0 aliphatic heterocycles. The first-order valence-corrected chi connectivity index (χ1v) is 9.47. The van der Waals surface area contributed by atoms with Crippen LogP contribution >= 0.6 is 0 Å². The number of oxazole rings is 1. The summed E-state index contributed by atoms with van der Waals surface area (Å²) in [6, 6.07) is 18.8. The monoisotopic (exact) mass is 401 g/mol. The summed E-state index contributed by atoms with van der Waals surface area (Å²) >= 11 is 0. The Labute approximate surface area is 172 Å². The van der Waals surface area contributed by atoms with E-state index in [1.165, 1.54) is 29.8 Å². The molecule has 0 radical (unpaired) electrons. The van der Waals surface area contributed by atoms with E-state index in [1.54, 1.807) is 18.2 Å². The van der Waals surface area contributed by atoms with Gasteiger partial charge in [-0.2, -0.15) is 0 Å². The highest BCUT2D eigenvalue weighted by molar-refractivity contribution is 6.05. The van der Waals surface area contributed by atoms with Crippen molar-refractivity contribution in [1.29, 1.82) is 0 Å². The average Bonchev–Trinajstić information content (AvgIpc) is 3.17. The topological polar surface area (TPSA) is 98.3 Å². The number of anilines is 1. The lowest BCUT2D eigenvalue weighted by Crippen LogP contribution is -2.12. The fraction of sp³-hybridized carbons (Fsp3) is 0.130. The summed E-state index contributed by atoms with van der Waals surface area (Å²) in [4.78, 5) is 27.4. The summed E-state index contributed by atoms with van der Waals surface area (Å²) in [6.45, 7) is 4.27. The SMILES string of the molecule is CC(C)c1ccc(-c2nc3cc(NC(=O)c4cccc([N+](=O)[O-])c4)ccc3o2)cc1. The highest BCUT2D eigenvalue weighted by Gasteiger charge is 2.13. The lowest BCUT2D eigenvalue weighted by atomic mass is 10.0. The molecule has 0 aliphatic carbocycles. The predicted octanol–water partition coefficient (Wildman–Crippen LogP) is 5.78. The molecule has 7 heteroatoms. The minimum Gasteiger partial charge on any atom is -0.436 e. The maximum atomic E-state index is 12.5. The molecule has 1 aromatic heterocycles. The Balaban J connectivity index is 1.57. The van der Waals surface area contributed by atoms with Crippen LogP contribution in [0, 0.1) is 10.1 Å². The number of hydrogen-bond donors (Lipinski definition) is 1. The molecule has 30 heavy (non-hydrogen) atoms. The van der Waals surface area contributed by atoms with E-state index in [0.29, 0.717) is 28.6 Å². The number of rotatable bonds is 5. The van der Waals surface area contributed by atoms with E-state index in [-0.39, 0.29) is 11.3 Å². The third-order valence-corrected chi connectivity index (χ3v) is 4.79. The zero-order valence-corrected chi connectivity index (χ0v) is 16.5. The van der Waals surface area contributed by atoms with E-state index in [2.05, 4.69) is 36.3 Å². The molecule has 0 atom stereocenters. The van der Waals surface area contributed by atoms with Crippen molar-refractivity contribution >= 4 is 28.4 Å². The number of nitro benzene ring substituents is 1. The molecule has 4 aromatic rings. The molecule has 4 rings (SSSR count). The summed E-state index contributed by atoms with van der Waals surface area (Å²) in [6.07, 6.45) is 0. The number of nitrogens with zero attached hydrogens (tertiary/aromatic N) is 2. The smallest absolute Gasteiger partial charge is 0.270 e. The van der Waals surface area contributed by atoms with Crippen molar-refractivity contribution < 1.29 is 14.1 Å². The van der Waals surface area contributed by atoms with Gasteiger partial charge in [0.1, 0.15) is 5.52 Å². The molecular weight excluding hydrogens is 382 g/mol. The second-order valence-electron chi connectivity index (χ2n) is 7.24. The first kappa shape index (κ1) is 19.3. The largest absolute Gasteiger partial charge is 0.436 e. The van der Waals surface area contributed by atoms with Crippen LogP contribution in [-0.4, -0.2) is 15.8 Å². The van der Waals surface area contributed by atoms with Gasteiger partial charge in [0.05, 0.1) is 4.92 Å². The number of benzene rings is 3. The van der Waals surface area contributed by atoms with E-state index in [4.69, 9.17) is 4.42 Å². The molecule has 1 heterocycles. The predicted molar refractivity (Wildman–Crippen MR) is 115 cm³/mol. The Morgan fingerprint density at radius 3 is 2.53 bits per heavy atom. The number of fused-ring (bicyclic) bond motifs is 1. The van der Waals surface area contributed by atoms with Gasteiger partial charge in [0.2, 0.25) is 5.89 Å². The van der Waals surface area contributed by atoms with Crippen molar-refractivity contribution in [1.82, 2.24) is 4.98 Å². The van der Waals surface area contributed by atoms with Crippen LogP contribution in [0.4, 0.5) is 11.4 Å². The molecule has 0 bridgehead atoms. The van der Waals surface area contributed by atoms with Gasteiger partial charge in [0.25, 0.3) is 11.6 Å². The van der Waals surface area contributed by atoms with Crippen LogP contribution < -0.4 is 5.32 Å². The van der Waals surface area contributed by atoms with Crippen LogP contribution in [0.3, 0.4) is 0 Å². The van der Waals surface area contributed by atoms with Gasteiger partial charge in [-0.15, -0.1) is 0 Å². The third-order valence-electron chi connectivity index (χ3n) is 4.79. The van der Waals surface area contributed by atoms with Gasteiger partial charge in [0.15, 0.2) is 5.58 Å². The van der Waals surface area contributed by atoms with Gasteiger partial charge in [-0.05, 0) is 47.9 Å². The Hall–Kier alpha value is -4.00. The minimum atomic E-state index is -0.534. The summed E-state index contributed by atoms with van der Waals surface area (Å²) in [5, 5.41) is 13.6. The van der Waals surface area contributed by atoms with Crippen LogP contribution in [0.5, 0.6) is 0 Å². The highest BCUT2D eigenvalue weighted by atomic mass is 16.6. The number of carbonyl (C=O) groups excluding carboxylic acids is 1. The maximum Gasteiger partial charge on any atom is 0.270 e. The molecule has 7 nitrogen and oxygen atoms in total. The van der Waals surface area contributed by atoms with Crippen molar-refractivity contribution in [3.63, 3.8) is 0 Å². The number of hydrogen-bond acceptors (Lipinski definition) is 5. The first-order valence-electron chi connectivity index (χ1n) is 9.47. The van der Waals surface area contributed by atoms with Gasteiger partial charge < -0.3 is 9.73 Å². The van der Waals surface area contributed by atoms with E-state index in [1.807, 2.05) is 12.1 Å². The Kier molecular flexibility index (Phi) is 5.02. The quantitative estimate of drug-likeness (QED) is 0.338. The van der Waals surface area contributed by atoms with Crippen molar-refractivity contribution in [3.05, 3.63) is 88.0 Å². The zero-order chi connectivity index (χ0) is 21.3. The standard InChI is InChI=1S/C23H19N3O4/c1-14(2)15-6-8-16(9-7-15)23-25-20-13-18(10-11-21(20)30-23)24-22(27)17-4-3-5-19(12-17)26(28)29/h3-14H,1-2H3,(H,24,27). The first-order chi connectivity index (χ1) is 14.4. The van der Waals surface area contributed by atoms with E-state index in [9.17, 15) is 14.9 Å². The molecule has 1 amide bonds. The van der Waals surface area contributed by atoms with E-state index < -0.39 is 10.8 Å². The number of amides is 1. The summed E-state index contributed by atoms with van der Waals surface area (Å²) in [5.74, 6) is 0.508. The third kappa shape index (κ3) is 3.91. The molecular formula is C23H19N3O4. The van der Waals surface area contributed by atoms with Gasteiger partial charge >= 0.3 is 0 Å². The van der Waals surface area contributed by atoms with Gasteiger partial charge in [-0.1, -0.05) is 32.0 Å². The molecule has 0 unspecified atom stereocenters. The molecule has 0 aliphatic rings. The second kappa shape index (κ2) is 7.79. The Bertz CT molecular complexity index is 1240. The van der Waals surface area contributed by atoms with Crippen LogP contribution in [0.15, 0.2) is 71.1 Å². The molecule has 0 saturated heterocycles. The number of nitrogens with one attached hydrogen (secondary N) is 1. The van der Waals surface area contributed by atoms with Gasteiger partial charge in [-0.3, -0.25) is 14.9 Å². The molecule has 0 saturated carbocycles. The highest BCUT2D eigenvalue weighted by Crippen LogP contribution is 2.27. The lowest BCUT2D eigenvalue weighted by Gasteiger charge is -2.04. The summed E-state index contributed by atoms with van der Waals surface area (Å²) in [5.41, 5.74) is 3.91. The second-order valence-corrected chi connectivity index (χ2v) is 7.24. The molecule has 1 N–H and O–H groups in total. The fourth-order valence-electron chi connectivity index (χ4n) is 3.10. The summed E-state index contributed by atoms with van der Waals surface area (Å²) in [7, 11) is 0. The fourth-order valence-corrected chi connectivity index (χ4v) is 3.10. The van der Waals surface area contributed by atoms with Crippen molar-refractivity contribution in [2.45, 2.75) is 19.8 Å². The van der Waals surface area contributed by atoms with Crippen LogP contribution in [0.25, 0.3) is 22.6 Å². The molecule has 150 valence electrons. The number of non-ortho nitro benzene ring substituents is 1. The van der Waals surface area contributed by atoms with E-state index in [0.717, 1.165) is 5.56 Å².